The maximum absolute atomic E-state index is 12.3. The molecule has 0 atom stereocenters. The Morgan fingerprint density at radius 1 is 1.20 bits per heavy atom. The van der Waals surface area contributed by atoms with Crippen LogP contribution in [-0.2, 0) is 17.6 Å². The highest BCUT2D eigenvalue weighted by Crippen LogP contribution is 2.24. The number of rotatable bonds is 3. The lowest BCUT2D eigenvalue weighted by Gasteiger charge is -2.06. The first-order valence-corrected chi connectivity index (χ1v) is 6.64. The number of carbonyl (C=O) groups is 2. The number of carbonyl (C=O) groups excluding carboxylic acids is 2. The van der Waals surface area contributed by atoms with E-state index in [1.807, 2.05) is 43.3 Å². The van der Waals surface area contributed by atoms with Crippen LogP contribution in [0.25, 0.3) is 0 Å². The van der Waals surface area contributed by atoms with Crippen LogP contribution in [0.5, 0.6) is 0 Å². The Morgan fingerprint density at radius 3 is 2.80 bits per heavy atom. The lowest BCUT2D eigenvalue weighted by Crippen LogP contribution is -2.05. The van der Waals surface area contributed by atoms with E-state index in [4.69, 9.17) is 0 Å². The van der Waals surface area contributed by atoms with Gasteiger partial charge in [-0.15, -0.1) is 0 Å². The monoisotopic (exact) mass is 265 g/mol. The van der Waals surface area contributed by atoms with Crippen LogP contribution in [0.4, 0.5) is 5.69 Å². The number of benzene rings is 2. The van der Waals surface area contributed by atoms with Crippen molar-refractivity contribution in [2.75, 3.05) is 5.32 Å². The molecule has 2 aromatic rings. The van der Waals surface area contributed by atoms with E-state index in [0.29, 0.717) is 18.4 Å². The van der Waals surface area contributed by atoms with Crippen molar-refractivity contribution < 1.29 is 9.59 Å². The van der Waals surface area contributed by atoms with Crippen molar-refractivity contribution in [1.29, 1.82) is 0 Å². The predicted octanol–water partition coefficient (Wildman–Crippen LogP) is 2.92. The van der Waals surface area contributed by atoms with Gasteiger partial charge < -0.3 is 5.32 Å². The second kappa shape index (κ2) is 4.93. The molecule has 0 aromatic heterocycles. The van der Waals surface area contributed by atoms with Gasteiger partial charge in [0.05, 0.1) is 6.42 Å². The summed E-state index contributed by atoms with van der Waals surface area (Å²) in [5.74, 6) is 0.0740. The molecular weight excluding hydrogens is 250 g/mol. The van der Waals surface area contributed by atoms with Crippen molar-refractivity contribution in [3.05, 3.63) is 64.7 Å². The second-order valence-corrected chi connectivity index (χ2v) is 5.12. The van der Waals surface area contributed by atoms with Gasteiger partial charge in [-0.2, -0.15) is 0 Å². The van der Waals surface area contributed by atoms with Crippen molar-refractivity contribution in [1.82, 2.24) is 0 Å². The Morgan fingerprint density at radius 2 is 2.00 bits per heavy atom. The molecule has 1 amide bonds. The molecular formula is C17H15NO2. The molecule has 0 saturated heterocycles. The summed E-state index contributed by atoms with van der Waals surface area (Å²) in [4.78, 5) is 23.7. The topological polar surface area (TPSA) is 46.2 Å². The van der Waals surface area contributed by atoms with Crippen LogP contribution in [0.1, 0.15) is 27.0 Å². The molecule has 0 fully saturated rings. The van der Waals surface area contributed by atoms with E-state index in [0.717, 1.165) is 22.4 Å². The smallest absolute Gasteiger partial charge is 0.228 e. The van der Waals surface area contributed by atoms with E-state index in [1.54, 1.807) is 6.07 Å². The molecule has 100 valence electrons. The molecule has 0 saturated carbocycles. The Labute approximate surface area is 117 Å². The molecule has 20 heavy (non-hydrogen) atoms. The fourth-order valence-electron chi connectivity index (χ4n) is 2.49. The third-order valence-corrected chi connectivity index (χ3v) is 3.66. The fourth-order valence-corrected chi connectivity index (χ4v) is 2.49. The average Bonchev–Trinajstić information content (AvgIpc) is 2.80. The number of ketones is 1. The number of Topliss-reactive ketones (excluding diaryl/α,β-unsaturated/α-hetero) is 1. The Kier molecular flexibility index (Phi) is 3.11. The van der Waals surface area contributed by atoms with E-state index in [1.165, 1.54) is 0 Å². The highest BCUT2D eigenvalue weighted by Gasteiger charge is 2.19. The van der Waals surface area contributed by atoms with Crippen molar-refractivity contribution >= 4 is 17.4 Å². The summed E-state index contributed by atoms with van der Waals surface area (Å²) in [5.41, 5.74) is 4.57. The second-order valence-electron chi connectivity index (χ2n) is 5.12. The molecule has 1 N–H and O–H groups in total. The molecule has 3 rings (SSSR count). The highest BCUT2D eigenvalue weighted by molar-refractivity contribution is 6.02. The van der Waals surface area contributed by atoms with Crippen LogP contribution in [0, 0.1) is 6.92 Å². The molecule has 0 aliphatic carbocycles. The Balaban J connectivity index is 1.84. The van der Waals surface area contributed by atoms with Crippen LogP contribution < -0.4 is 5.32 Å². The van der Waals surface area contributed by atoms with Gasteiger partial charge >= 0.3 is 0 Å². The van der Waals surface area contributed by atoms with Gasteiger partial charge in [0.1, 0.15) is 0 Å². The number of hydrogen-bond donors (Lipinski definition) is 1. The van der Waals surface area contributed by atoms with Gasteiger partial charge in [-0.3, -0.25) is 9.59 Å². The van der Waals surface area contributed by atoms with E-state index < -0.39 is 0 Å². The van der Waals surface area contributed by atoms with Crippen molar-refractivity contribution in [3.8, 4) is 0 Å². The molecule has 0 unspecified atom stereocenters. The van der Waals surface area contributed by atoms with Gasteiger partial charge in [0.15, 0.2) is 5.78 Å². The molecule has 0 radical (unpaired) electrons. The Bertz CT molecular complexity index is 704. The maximum Gasteiger partial charge on any atom is 0.228 e. The molecule has 3 nitrogen and oxygen atoms in total. The van der Waals surface area contributed by atoms with E-state index in [9.17, 15) is 9.59 Å². The normalized spacial score (nSPS) is 12.9. The molecule has 1 aliphatic rings. The molecule has 0 bridgehead atoms. The van der Waals surface area contributed by atoms with Crippen molar-refractivity contribution in [3.63, 3.8) is 0 Å². The lowest BCUT2D eigenvalue weighted by molar-refractivity contribution is -0.115. The first-order chi connectivity index (χ1) is 9.63. The average molecular weight is 265 g/mol. The number of anilines is 1. The number of nitrogens with one attached hydrogen (secondary N) is 1. The SMILES string of the molecule is Cc1ccccc1CC(=O)c1ccc2c(c1)CC(=O)N2. The molecule has 1 heterocycles. The van der Waals surface area contributed by atoms with Crippen LogP contribution in [0.2, 0.25) is 0 Å². The minimum Gasteiger partial charge on any atom is -0.326 e. The van der Waals surface area contributed by atoms with Gasteiger partial charge in [0.25, 0.3) is 0 Å². The molecule has 2 aromatic carbocycles. The first-order valence-electron chi connectivity index (χ1n) is 6.64. The third kappa shape index (κ3) is 2.35. The molecule has 3 heteroatoms. The van der Waals surface area contributed by atoms with Gasteiger partial charge in [-0.05, 0) is 41.8 Å². The predicted molar refractivity (Wildman–Crippen MR) is 78.0 cm³/mol. The quantitative estimate of drug-likeness (QED) is 0.867. The van der Waals surface area contributed by atoms with Crippen LogP contribution >= 0.6 is 0 Å². The summed E-state index contributed by atoms with van der Waals surface area (Å²) in [6, 6.07) is 13.3. The summed E-state index contributed by atoms with van der Waals surface area (Å²) in [6.07, 6.45) is 0.758. The van der Waals surface area contributed by atoms with E-state index >= 15 is 0 Å². The molecule has 0 spiro atoms. The number of aryl methyl sites for hydroxylation is 1. The third-order valence-electron chi connectivity index (χ3n) is 3.66. The largest absolute Gasteiger partial charge is 0.326 e. The van der Waals surface area contributed by atoms with E-state index in [2.05, 4.69) is 5.32 Å². The van der Waals surface area contributed by atoms with Gasteiger partial charge in [0.2, 0.25) is 5.91 Å². The zero-order valence-electron chi connectivity index (χ0n) is 11.3. The van der Waals surface area contributed by atoms with E-state index in [-0.39, 0.29) is 11.7 Å². The van der Waals surface area contributed by atoms with Gasteiger partial charge in [-0.1, -0.05) is 24.3 Å². The molecule has 1 aliphatic heterocycles. The Hall–Kier alpha value is -2.42. The fraction of sp³-hybridized carbons (Fsp3) is 0.176. The zero-order chi connectivity index (χ0) is 14.1. The van der Waals surface area contributed by atoms with Crippen molar-refractivity contribution in [2.45, 2.75) is 19.8 Å². The summed E-state index contributed by atoms with van der Waals surface area (Å²) in [7, 11) is 0. The van der Waals surface area contributed by atoms with Crippen LogP contribution in [0.15, 0.2) is 42.5 Å². The summed E-state index contributed by atoms with van der Waals surface area (Å²) >= 11 is 0. The summed E-state index contributed by atoms with van der Waals surface area (Å²) < 4.78 is 0. The van der Waals surface area contributed by atoms with Gasteiger partial charge in [-0.25, -0.2) is 0 Å². The standard InChI is InChI=1S/C17H15NO2/c1-11-4-2-3-5-12(11)9-16(19)13-6-7-15-14(8-13)10-17(20)18-15/h2-8H,9-10H2,1H3,(H,18,20). The number of hydrogen-bond acceptors (Lipinski definition) is 2. The minimum atomic E-state index is -0.0106. The highest BCUT2D eigenvalue weighted by atomic mass is 16.1. The summed E-state index contributed by atoms with van der Waals surface area (Å²) in [6.45, 7) is 2.01. The zero-order valence-corrected chi connectivity index (χ0v) is 11.3. The minimum absolute atomic E-state index is 0.0106. The first kappa shape index (κ1) is 12.6. The lowest BCUT2D eigenvalue weighted by atomic mass is 9.98. The van der Waals surface area contributed by atoms with Crippen molar-refractivity contribution in [2.24, 2.45) is 0 Å². The number of amides is 1. The summed E-state index contributed by atoms with van der Waals surface area (Å²) in [5, 5.41) is 2.77. The maximum atomic E-state index is 12.3. The number of fused-ring (bicyclic) bond motifs is 1. The van der Waals surface area contributed by atoms with Gasteiger partial charge in [0, 0.05) is 17.7 Å². The van der Waals surface area contributed by atoms with Crippen LogP contribution in [0.3, 0.4) is 0 Å². The van der Waals surface area contributed by atoms with Crippen LogP contribution in [-0.4, -0.2) is 11.7 Å².